The van der Waals surface area contributed by atoms with Crippen LogP contribution in [-0.4, -0.2) is 52.9 Å². The number of hydrogen-bond donors (Lipinski definition) is 3. The first-order valence-electron chi connectivity index (χ1n) is 7.83. The van der Waals surface area contributed by atoms with Crippen LogP contribution in [0.1, 0.15) is 46.0 Å². The molecule has 3 N–H and O–H groups in total. The molecule has 0 aromatic heterocycles. The first-order valence-corrected chi connectivity index (χ1v) is 7.83. The van der Waals surface area contributed by atoms with Crippen molar-refractivity contribution in [2.45, 2.75) is 52.0 Å². The quantitative estimate of drug-likeness (QED) is 0.667. The molecular weight excluding hydrogens is 272 g/mol. The number of carboxylic acid groups (broad SMARTS) is 1. The van der Waals surface area contributed by atoms with Gasteiger partial charge in [0.1, 0.15) is 0 Å². The van der Waals surface area contributed by atoms with Gasteiger partial charge < -0.3 is 20.4 Å². The van der Waals surface area contributed by atoms with Crippen molar-refractivity contribution in [1.82, 2.24) is 10.2 Å². The highest BCUT2D eigenvalue weighted by Gasteiger charge is 2.27. The molecule has 122 valence electrons. The van der Waals surface area contributed by atoms with Gasteiger partial charge >= 0.3 is 12.0 Å². The second-order valence-corrected chi connectivity index (χ2v) is 6.21. The minimum Gasteiger partial charge on any atom is -0.481 e. The molecular formula is C15H28N2O4. The number of likely N-dealkylation sites (tertiary alicyclic amines) is 1. The number of carbonyl (C=O) groups excluding carboxylic acids is 1. The largest absolute Gasteiger partial charge is 0.481 e. The number of aliphatic hydroxyl groups is 1. The maximum absolute atomic E-state index is 12.2. The summed E-state index contributed by atoms with van der Waals surface area (Å²) in [7, 11) is 0. The van der Waals surface area contributed by atoms with Crippen molar-refractivity contribution in [2.24, 2.45) is 11.8 Å². The van der Waals surface area contributed by atoms with Gasteiger partial charge in [-0.2, -0.15) is 0 Å². The monoisotopic (exact) mass is 300 g/mol. The third kappa shape index (κ3) is 5.91. The smallest absolute Gasteiger partial charge is 0.317 e. The number of hydrogen-bond acceptors (Lipinski definition) is 3. The number of urea groups is 1. The van der Waals surface area contributed by atoms with Crippen LogP contribution in [0.4, 0.5) is 4.79 Å². The molecule has 1 heterocycles. The van der Waals surface area contributed by atoms with Crippen LogP contribution in [0.25, 0.3) is 0 Å². The lowest BCUT2D eigenvalue weighted by Crippen LogP contribution is -2.50. The Bertz CT molecular complexity index is 345. The van der Waals surface area contributed by atoms with Gasteiger partial charge in [-0.15, -0.1) is 0 Å². The molecule has 6 nitrogen and oxygen atoms in total. The number of aliphatic carboxylic acids is 1. The predicted molar refractivity (Wildman–Crippen MR) is 80.0 cm³/mol. The lowest BCUT2D eigenvalue weighted by molar-refractivity contribution is -0.142. The number of piperidine rings is 1. The third-order valence-corrected chi connectivity index (χ3v) is 3.96. The van der Waals surface area contributed by atoms with Gasteiger partial charge in [-0.25, -0.2) is 4.79 Å². The van der Waals surface area contributed by atoms with E-state index in [1.807, 2.05) is 13.8 Å². The SMILES string of the molecule is CC(C)CC(CNC(=O)N1CCCCC1CCO)C(=O)O. The molecule has 0 spiro atoms. The Labute approximate surface area is 126 Å². The maximum Gasteiger partial charge on any atom is 0.317 e. The fourth-order valence-electron chi connectivity index (χ4n) is 2.87. The van der Waals surface area contributed by atoms with Crippen molar-refractivity contribution in [3.05, 3.63) is 0 Å². The normalized spacial score (nSPS) is 20.4. The van der Waals surface area contributed by atoms with E-state index in [4.69, 9.17) is 5.11 Å². The zero-order valence-corrected chi connectivity index (χ0v) is 13.0. The average molecular weight is 300 g/mol. The Morgan fingerprint density at radius 2 is 2.05 bits per heavy atom. The number of rotatable bonds is 7. The Morgan fingerprint density at radius 1 is 1.33 bits per heavy atom. The molecule has 1 aliphatic heterocycles. The van der Waals surface area contributed by atoms with E-state index in [2.05, 4.69) is 5.32 Å². The third-order valence-electron chi connectivity index (χ3n) is 3.96. The average Bonchev–Trinajstić information content (AvgIpc) is 2.43. The van der Waals surface area contributed by atoms with Crippen LogP contribution in [0, 0.1) is 11.8 Å². The molecule has 0 aliphatic carbocycles. The Kier molecular flexibility index (Phi) is 7.50. The van der Waals surface area contributed by atoms with Crippen LogP contribution in [0.3, 0.4) is 0 Å². The van der Waals surface area contributed by atoms with Crippen molar-refractivity contribution >= 4 is 12.0 Å². The summed E-state index contributed by atoms with van der Waals surface area (Å²) in [5.74, 6) is -1.13. The lowest BCUT2D eigenvalue weighted by atomic mass is 9.97. The van der Waals surface area contributed by atoms with Crippen molar-refractivity contribution in [3.8, 4) is 0 Å². The second-order valence-electron chi connectivity index (χ2n) is 6.21. The van der Waals surface area contributed by atoms with E-state index in [-0.39, 0.29) is 31.1 Å². The summed E-state index contributed by atoms with van der Waals surface area (Å²) >= 11 is 0. The second kappa shape index (κ2) is 8.87. The summed E-state index contributed by atoms with van der Waals surface area (Å²) in [4.78, 5) is 25.2. The molecule has 21 heavy (non-hydrogen) atoms. The van der Waals surface area contributed by atoms with Crippen LogP contribution in [0.5, 0.6) is 0 Å². The Balaban J connectivity index is 2.51. The van der Waals surface area contributed by atoms with Gasteiger partial charge in [0.2, 0.25) is 0 Å². The molecule has 2 unspecified atom stereocenters. The first-order chi connectivity index (χ1) is 9.95. The van der Waals surface area contributed by atoms with E-state index < -0.39 is 11.9 Å². The van der Waals surface area contributed by atoms with Gasteiger partial charge in [-0.1, -0.05) is 13.8 Å². The van der Waals surface area contributed by atoms with Gasteiger partial charge in [-0.05, 0) is 38.0 Å². The maximum atomic E-state index is 12.2. The zero-order valence-electron chi connectivity index (χ0n) is 13.0. The molecule has 6 heteroatoms. The molecule has 0 aromatic rings. The highest BCUT2D eigenvalue weighted by molar-refractivity contribution is 5.76. The van der Waals surface area contributed by atoms with Crippen molar-refractivity contribution in [3.63, 3.8) is 0 Å². The van der Waals surface area contributed by atoms with Crippen LogP contribution in [-0.2, 0) is 4.79 Å². The zero-order chi connectivity index (χ0) is 15.8. The van der Waals surface area contributed by atoms with E-state index in [1.165, 1.54) is 0 Å². The number of aliphatic hydroxyl groups excluding tert-OH is 1. The number of amides is 2. The fourth-order valence-corrected chi connectivity index (χ4v) is 2.87. The summed E-state index contributed by atoms with van der Waals surface area (Å²) in [5, 5.41) is 21.0. The summed E-state index contributed by atoms with van der Waals surface area (Å²) in [5.41, 5.74) is 0. The van der Waals surface area contributed by atoms with Gasteiger partial charge in [-0.3, -0.25) is 4.79 Å². The topological polar surface area (TPSA) is 89.9 Å². The molecule has 0 saturated carbocycles. The molecule has 1 fully saturated rings. The van der Waals surface area contributed by atoms with E-state index in [0.717, 1.165) is 19.3 Å². The standard InChI is InChI=1S/C15H28N2O4/c1-11(2)9-12(14(19)20)10-16-15(21)17-7-4-3-5-13(17)6-8-18/h11-13,18H,3-10H2,1-2H3,(H,16,21)(H,19,20). The number of carbonyl (C=O) groups is 2. The lowest BCUT2D eigenvalue weighted by Gasteiger charge is -2.35. The van der Waals surface area contributed by atoms with Gasteiger partial charge in [0.25, 0.3) is 0 Å². The Morgan fingerprint density at radius 3 is 2.62 bits per heavy atom. The van der Waals surface area contributed by atoms with Crippen LogP contribution >= 0.6 is 0 Å². The molecule has 0 radical (unpaired) electrons. The first kappa shape index (κ1) is 17.8. The Hall–Kier alpha value is -1.30. The number of nitrogens with zero attached hydrogens (tertiary/aromatic N) is 1. The number of nitrogens with one attached hydrogen (secondary N) is 1. The number of carboxylic acids is 1. The summed E-state index contributed by atoms with van der Waals surface area (Å²) in [6.07, 6.45) is 4.07. The summed E-state index contributed by atoms with van der Waals surface area (Å²) in [6.45, 7) is 4.85. The minimum atomic E-state index is -0.866. The van der Waals surface area contributed by atoms with Gasteiger partial charge in [0.05, 0.1) is 5.92 Å². The summed E-state index contributed by atoms with van der Waals surface area (Å²) in [6, 6.07) is -0.139. The van der Waals surface area contributed by atoms with Crippen LogP contribution < -0.4 is 5.32 Å². The molecule has 1 rings (SSSR count). The van der Waals surface area contributed by atoms with E-state index in [1.54, 1.807) is 4.90 Å². The molecule has 1 saturated heterocycles. The summed E-state index contributed by atoms with van der Waals surface area (Å²) < 4.78 is 0. The van der Waals surface area contributed by atoms with Crippen molar-refractivity contribution in [2.75, 3.05) is 19.7 Å². The molecule has 0 aromatic carbocycles. The van der Waals surface area contributed by atoms with Crippen LogP contribution in [0.2, 0.25) is 0 Å². The van der Waals surface area contributed by atoms with E-state index in [9.17, 15) is 14.7 Å². The fraction of sp³-hybridized carbons (Fsp3) is 0.867. The molecule has 0 bridgehead atoms. The molecule has 2 amide bonds. The van der Waals surface area contributed by atoms with Crippen LogP contribution in [0.15, 0.2) is 0 Å². The van der Waals surface area contributed by atoms with Crippen molar-refractivity contribution in [1.29, 1.82) is 0 Å². The van der Waals surface area contributed by atoms with E-state index >= 15 is 0 Å². The predicted octanol–water partition coefficient (Wildman–Crippen LogP) is 1.68. The highest BCUT2D eigenvalue weighted by atomic mass is 16.4. The van der Waals surface area contributed by atoms with Gasteiger partial charge in [0.15, 0.2) is 0 Å². The van der Waals surface area contributed by atoms with E-state index in [0.29, 0.717) is 19.4 Å². The minimum absolute atomic E-state index is 0.0668. The van der Waals surface area contributed by atoms with Gasteiger partial charge in [0, 0.05) is 25.7 Å². The molecule has 2 atom stereocenters. The van der Waals surface area contributed by atoms with Crippen molar-refractivity contribution < 1.29 is 19.8 Å². The highest BCUT2D eigenvalue weighted by Crippen LogP contribution is 2.19. The molecule has 1 aliphatic rings.